The van der Waals surface area contributed by atoms with E-state index in [0.717, 1.165) is 0 Å². The molecule has 2 heterocycles. The zero-order valence-electron chi connectivity index (χ0n) is 14.7. The highest BCUT2D eigenvalue weighted by molar-refractivity contribution is 5.84. The minimum Gasteiger partial charge on any atom is -0.497 e. The molecule has 2 aliphatic heterocycles. The smallest absolute Gasteiger partial charge is 0.412 e. The first-order chi connectivity index (χ1) is 12.6. The van der Waals surface area contributed by atoms with Crippen LogP contribution >= 0.6 is 0 Å². The molecule has 3 N–H and O–H groups in total. The van der Waals surface area contributed by atoms with Gasteiger partial charge >= 0.3 is 12.1 Å². The van der Waals surface area contributed by atoms with E-state index in [4.69, 9.17) is 18.9 Å². The van der Waals surface area contributed by atoms with Crippen LogP contribution in [0.25, 0.3) is 0 Å². The molecule has 1 aromatic carbocycles. The van der Waals surface area contributed by atoms with Crippen LogP contribution in [0.15, 0.2) is 24.3 Å². The summed E-state index contributed by atoms with van der Waals surface area (Å²) < 4.78 is 21.8. The molecule has 2 fully saturated rings. The van der Waals surface area contributed by atoms with Crippen molar-refractivity contribution in [2.75, 3.05) is 32.2 Å². The summed E-state index contributed by atoms with van der Waals surface area (Å²) in [4.78, 5) is 23.8. The van der Waals surface area contributed by atoms with Gasteiger partial charge in [0.2, 0.25) is 0 Å². The van der Waals surface area contributed by atoms with E-state index >= 15 is 0 Å². The van der Waals surface area contributed by atoms with E-state index < -0.39 is 18.3 Å². The van der Waals surface area contributed by atoms with Crippen molar-refractivity contribution in [3.8, 4) is 5.75 Å². The van der Waals surface area contributed by atoms with Crippen molar-refractivity contribution in [2.24, 2.45) is 0 Å². The predicted molar refractivity (Wildman–Crippen MR) is 92.4 cm³/mol. The minimum atomic E-state index is -0.590. The van der Waals surface area contributed by atoms with Crippen molar-refractivity contribution < 1.29 is 28.5 Å². The molecule has 142 valence electrons. The number of fused-ring (bicyclic) bond motifs is 1. The number of hydrogen-bond acceptors (Lipinski definition) is 6. The maximum Gasteiger partial charge on any atom is 0.412 e. The number of urea groups is 1. The SMILES string of the molecule is CCNC(=O)NC1COC2C(OC(=O)Nc3ccc(OC)cc3)COC12. The van der Waals surface area contributed by atoms with E-state index in [9.17, 15) is 9.59 Å². The second-order valence-electron chi connectivity index (χ2n) is 6.00. The first-order valence-electron chi connectivity index (χ1n) is 8.50. The van der Waals surface area contributed by atoms with Crippen LogP contribution < -0.4 is 20.7 Å². The molecule has 9 nitrogen and oxygen atoms in total. The van der Waals surface area contributed by atoms with Gasteiger partial charge < -0.3 is 29.6 Å². The highest BCUT2D eigenvalue weighted by Gasteiger charge is 2.50. The van der Waals surface area contributed by atoms with Gasteiger partial charge in [-0.1, -0.05) is 0 Å². The molecule has 0 aromatic heterocycles. The highest BCUT2D eigenvalue weighted by atomic mass is 16.6. The number of amides is 3. The summed E-state index contributed by atoms with van der Waals surface area (Å²) in [6.07, 6.45) is -1.85. The van der Waals surface area contributed by atoms with Crippen molar-refractivity contribution in [3.05, 3.63) is 24.3 Å². The normalized spacial score (nSPS) is 26.7. The molecule has 2 saturated heterocycles. The molecule has 2 aliphatic rings. The summed E-state index contributed by atoms with van der Waals surface area (Å²) >= 11 is 0. The first kappa shape index (κ1) is 18.3. The Morgan fingerprint density at radius 3 is 2.58 bits per heavy atom. The van der Waals surface area contributed by atoms with Gasteiger partial charge in [0.25, 0.3) is 0 Å². The fraction of sp³-hybridized carbons (Fsp3) is 0.529. The summed E-state index contributed by atoms with van der Waals surface area (Å²) in [5, 5.41) is 8.13. The molecule has 1 aromatic rings. The van der Waals surface area contributed by atoms with Crippen molar-refractivity contribution >= 4 is 17.8 Å². The maximum atomic E-state index is 12.1. The third-order valence-electron chi connectivity index (χ3n) is 4.26. The number of methoxy groups -OCH3 is 1. The third-order valence-corrected chi connectivity index (χ3v) is 4.26. The van der Waals surface area contributed by atoms with E-state index in [1.807, 2.05) is 6.92 Å². The summed E-state index contributed by atoms with van der Waals surface area (Å²) in [6.45, 7) is 2.90. The fourth-order valence-electron chi connectivity index (χ4n) is 3.03. The highest BCUT2D eigenvalue weighted by Crippen LogP contribution is 2.29. The number of anilines is 1. The van der Waals surface area contributed by atoms with Crippen molar-refractivity contribution in [2.45, 2.75) is 31.3 Å². The van der Waals surface area contributed by atoms with Crippen LogP contribution in [0.4, 0.5) is 15.3 Å². The van der Waals surface area contributed by atoms with Gasteiger partial charge in [-0.3, -0.25) is 5.32 Å². The van der Waals surface area contributed by atoms with Gasteiger partial charge in [0.1, 0.15) is 18.0 Å². The van der Waals surface area contributed by atoms with Crippen LogP contribution in [0.3, 0.4) is 0 Å². The van der Waals surface area contributed by atoms with Crippen LogP contribution in [0.2, 0.25) is 0 Å². The van der Waals surface area contributed by atoms with E-state index in [2.05, 4.69) is 16.0 Å². The predicted octanol–water partition coefficient (Wildman–Crippen LogP) is 1.10. The second kappa shape index (κ2) is 8.24. The molecule has 4 unspecified atom stereocenters. The zero-order valence-corrected chi connectivity index (χ0v) is 14.7. The number of nitrogens with one attached hydrogen (secondary N) is 3. The molecule has 3 rings (SSSR count). The Morgan fingerprint density at radius 1 is 1.15 bits per heavy atom. The van der Waals surface area contributed by atoms with Gasteiger partial charge in [-0.2, -0.15) is 0 Å². The minimum absolute atomic E-state index is 0.221. The lowest BCUT2D eigenvalue weighted by Crippen LogP contribution is -2.48. The first-order valence-corrected chi connectivity index (χ1v) is 8.50. The van der Waals surface area contributed by atoms with Gasteiger partial charge in [0.15, 0.2) is 6.10 Å². The van der Waals surface area contributed by atoms with Gasteiger partial charge in [-0.05, 0) is 31.2 Å². The standard InChI is InChI=1S/C17H23N3O6/c1-3-18-16(21)20-12-8-24-15-13(9-25-14(12)15)26-17(22)19-10-4-6-11(23-2)7-5-10/h4-7,12-15H,3,8-9H2,1-2H3,(H,19,22)(H2,18,20,21). The summed E-state index contributed by atoms with van der Waals surface area (Å²) in [5.41, 5.74) is 0.592. The number of carbonyl (C=O) groups excluding carboxylic acids is 2. The maximum absolute atomic E-state index is 12.1. The van der Waals surface area contributed by atoms with Gasteiger partial charge in [0, 0.05) is 12.2 Å². The molecule has 0 radical (unpaired) electrons. The van der Waals surface area contributed by atoms with Crippen LogP contribution in [-0.2, 0) is 14.2 Å². The van der Waals surface area contributed by atoms with Crippen LogP contribution in [-0.4, -0.2) is 63.3 Å². The van der Waals surface area contributed by atoms with Crippen molar-refractivity contribution in [3.63, 3.8) is 0 Å². The summed E-state index contributed by atoms with van der Waals surface area (Å²) in [6, 6.07) is 6.36. The Bertz CT molecular complexity index is 638. The topological polar surface area (TPSA) is 107 Å². The largest absolute Gasteiger partial charge is 0.497 e. The van der Waals surface area contributed by atoms with Crippen LogP contribution in [0.5, 0.6) is 5.75 Å². The van der Waals surface area contributed by atoms with Crippen LogP contribution in [0, 0.1) is 0 Å². The average molecular weight is 365 g/mol. The third kappa shape index (κ3) is 4.17. The van der Waals surface area contributed by atoms with Gasteiger partial charge in [-0.25, -0.2) is 9.59 Å². The van der Waals surface area contributed by atoms with Crippen LogP contribution in [0.1, 0.15) is 6.92 Å². The van der Waals surface area contributed by atoms with E-state index in [1.165, 1.54) is 0 Å². The Labute approximate surface area is 151 Å². The molecule has 4 atom stereocenters. The monoisotopic (exact) mass is 365 g/mol. The molecule has 0 saturated carbocycles. The lowest BCUT2D eigenvalue weighted by Gasteiger charge is -2.18. The Balaban J connectivity index is 1.50. The lowest BCUT2D eigenvalue weighted by molar-refractivity contribution is 0.00872. The van der Waals surface area contributed by atoms with Crippen molar-refractivity contribution in [1.29, 1.82) is 0 Å². The average Bonchev–Trinajstić information content (AvgIpc) is 3.20. The Kier molecular flexibility index (Phi) is 5.79. The number of benzene rings is 1. The number of ether oxygens (including phenoxy) is 4. The number of carbonyl (C=O) groups is 2. The van der Waals surface area contributed by atoms with Crippen molar-refractivity contribution in [1.82, 2.24) is 10.6 Å². The summed E-state index contributed by atoms with van der Waals surface area (Å²) in [5.74, 6) is 0.695. The molecule has 0 spiro atoms. The quantitative estimate of drug-likeness (QED) is 0.721. The molecule has 0 bridgehead atoms. The Morgan fingerprint density at radius 2 is 1.88 bits per heavy atom. The number of rotatable bonds is 5. The zero-order chi connectivity index (χ0) is 18.5. The van der Waals surface area contributed by atoms with E-state index in [0.29, 0.717) is 24.6 Å². The molecular formula is C17H23N3O6. The fourth-order valence-corrected chi connectivity index (χ4v) is 3.03. The van der Waals surface area contributed by atoms with Gasteiger partial charge in [0.05, 0.1) is 26.4 Å². The summed E-state index contributed by atoms with van der Waals surface area (Å²) in [7, 11) is 1.57. The molecule has 0 aliphatic carbocycles. The van der Waals surface area contributed by atoms with E-state index in [1.54, 1.807) is 31.4 Å². The van der Waals surface area contributed by atoms with Gasteiger partial charge in [-0.15, -0.1) is 0 Å². The molecule has 26 heavy (non-hydrogen) atoms. The number of hydrogen-bond donors (Lipinski definition) is 3. The second-order valence-corrected chi connectivity index (χ2v) is 6.00. The Hall–Kier alpha value is -2.52. The van der Waals surface area contributed by atoms with E-state index in [-0.39, 0.29) is 24.8 Å². The lowest BCUT2D eigenvalue weighted by atomic mass is 10.1. The molecule has 3 amide bonds. The molecule has 9 heteroatoms. The molecular weight excluding hydrogens is 342 g/mol.